The number of rotatable bonds is 9. The molecule has 186 valence electrons. The molecule has 6 heteroatoms. The molecule has 0 radical (unpaired) electrons. The van der Waals surface area contributed by atoms with Gasteiger partial charge in [-0.1, -0.05) is 78.9 Å². The van der Waals surface area contributed by atoms with Gasteiger partial charge in [0.05, 0.1) is 0 Å². The number of carbonyl (C=O) groups excluding carboxylic acids is 3. The van der Waals surface area contributed by atoms with Gasteiger partial charge in [0.2, 0.25) is 11.8 Å². The lowest BCUT2D eigenvalue weighted by atomic mass is 10.0. The molecule has 0 saturated carbocycles. The van der Waals surface area contributed by atoms with Gasteiger partial charge in [0.15, 0.2) is 0 Å². The normalized spacial score (nSPS) is 14.2. The van der Waals surface area contributed by atoms with Crippen molar-refractivity contribution in [2.75, 3.05) is 26.2 Å². The molecule has 1 saturated heterocycles. The highest BCUT2D eigenvalue weighted by Gasteiger charge is 2.30. The van der Waals surface area contributed by atoms with E-state index in [0.29, 0.717) is 44.6 Å². The quantitative estimate of drug-likeness (QED) is 0.504. The van der Waals surface area contributed by atoms with E-state index in [1.165, 1.54) is 5.56 Å². The van der Waals surface area contributed by atoms with Gasteiger partial charge in [-0.15, -0.1) is 0 Å². The fraction of sp³-hybridized carbons (Fsp3) is 0.300. The summed E-state index contributed by atoms with van der Waals surface area (Å²) in [7, 11) is 0. The zero-order valence-corrected chi connectivity index (χ0v) is 20.5. The van der Waals surface area contributed by atoms with Crippen LogP contribution in [0.1, 0.15) is 34.3 Å². The van der Waals surface area contributed by atoms with Crippen molar-refractivity contribution in [3.63, 3.8) is 0 Å². The Hall–Kier alpha value is -3.93. The van der Waals surface area contributed by atoms with E-state index in [1.807, 2.05) is 59.5 Å². The van der Waals surface area contributed by atoms with E-state index in [4.69, 9.17) is 0 Å². The molecule has 0 spiro atoms. The number of benzene rings is 3. The van der Waals surface area contributed by atoms with Gasteiger partial charge in [0.1, 0.15) is 6.04 Å². The summed E-state index contributed by atoms with van der Waals surface area (Å²) in [5.74, 6) is -0.243. The number of nitrogens with one attached hydrogen (secondary N) is 1. The van der Waals surface area contributed by atoms with Crippen LogP contribution in [0.15, 0.2) is 91.0 Å². The van der Waals surface area contributed by atoms with E-state index in [2.05, 4.69) is 17.4 Å². The Labute approximate surface area is 212 Å². The Morgan fingerprint density at radius 1 is 0.694 bits per heavy atom. The molecule has 3 aromatic carbocycles. The minimum atomic E-state index is -0.673. The van der Waals surface area contributed by atoms with Gasteiger partial charge in [-0.2, -0.15) is 0 Å². The topological polar surface area (TPSA) is 69.7 Å². The molecule has 1 aliphatic heterocycles. The van der Waals surface area contributed by atoms with Gasteiger partial charge < -0.3 is 15.1 Å². The maximum atomic E-state index is 13.5. The smallest absolute Gasteiger partial charge is 0.251 e. The second-order valence-electron chi connectivity index (χ2n) is 9.13. The number of nitrogens with zero attached hydrogens (tertiary/aromatic N) is 2. The lowest BCUT2D eigenvalue weighted by Crippen LogP contribution is -2.56. The van der Waals surface area contributed by atoms with Crippen molar-refractivity contribution < 1.29 is 14.4 Å². The maximum Gasteiger partial charge on any atom is 0.251 e. The van der Waals surface area contributed by atoms with Crippen LogP contribution >= 0.6 is 0 Å². The highest BCUT2D eigenvalue weighted by Crippen LogP contribution is 2.12. The van der Waals surface area contributed by atoms with Crippen LogP contribution in [-0.2, 0) is 22.4 Å². The second-order valence-corrected chi connectivity index (χ2v) is 9.13. The molecule has 1 unspecified atom stereocenters. The zero-order chi connectivity index (χ0) is 25.2. The van der Waals surface area contributed by atoms with Crippen LogP contribution in [-0.4, -0.2) is 59.7 Å². The van der Waals surface area contributed by atoms with Crippen LogP contribution in [0.2, 0.25) is 0 Å². The molecule has 0 aliphatic carbocycles. The van der Waals surface area contributed by atoms with Gasteiger partial charge in [-0.25, -0.2) is 0 Å². The van der Waals surface area contributed by atoms with Crippen molar-refractivity contribution in [3.05, 3.63) is 108 Å². The molecule has 6 nitrogen and oxygen atoms in total. The van der Waals surface area contributed by atoms with Crippen LogP contribution in [0.3, 0.4) is 0 Å². The first-order valence-corrected chi connectivity index (χ1v) is 12.6. The third-order valence-electron chi connectivity index (χ3n) is 6.57. The van der Waals surface area contributed by atoms with E-state index >= 15 is 0 Å². The van der Waals surface area contributed by atoms with Gasteiger partial charge in [0, 0.05) is 44.6 Å². The predicted octanol–water partition coefficient (Wildman–Crippen LogP) is 3.72. The standard InChI is InChI=1S/C30H33N3O3/c34-28(18-10-15-24-11-4-1-5-12-24)32-19-21-33(22-20-32)30(36)27(23-25-13-6-2-7-14-25)31-29(35)26-16-8-3-9-17-26/h1-9,11-14,16-17,27H,10,15,18-23H2,(H,31,35). The molecule has 1 aliphatic rings. The summed E-state index contributed by atoms with van der Waals surface area (Å²) >= 11 is 0. The summed E-state index contributed by atoms with van der Waals surface area (Å²) in [6, 6.07) is 28.2. The third kappa shape index (κ3) is 7.04. The summed E-state index contributed by atoms with van der Waals surface area (Å²) in [5.41, 5.74) is 2.74. The maximum absolute atomic E-state index is 13.5. The number of hydrogen-bond donors (Lipinski definition) is 1. The van der Waals surface area contributed by atoms with Crippen LogP contribution in [0.5, 0.6) is 0 Å². The Balaban J connectivity index is 1.32. The zero-order valence-electron chi connectivity index (χ0n) is 20.5. The molecule has 4 rings (SSSR count). The molecule has 0 bridgehead atoms. The summed E-state index contributed by atoms with van der Waals surface area (Å²) in [6.07, 6.45) is 2.61. The molecule has 1 fully saturated rings. The Kier molecular flexibility index (Phi) is 8.87. The first kappa shape index (κ1) is 25.2. The van der Waals surface area contributed by atoms with Gasteiger partial charge in [-0.05, 0) is 36.1 Å². The fourth-order valence-electron chi connectivity index (χ4n) is 4.52. The Bertz CT molecular complexity index is 1130. The lowest BCUT2D eigenvalue weighted by molar-refractivity contribution is -0.140. The van der Waals surface area contributed by atoms with Gasteiger partial charge >= 0.3 is 0 Å². The molecule has 1 atom stereocenters. The SMILES string of the molecule is O=C(NC(Cc1ccccc1)C(=O)N1CCN(C(=O)CCCc2ccccc2)CC1)c1ccccc1. The first-order valence-electron chi connectivity index (χ1n) is 12.6. The van der Waals surface area contributed by atoms with Crippen LogP contribution < -0.4 is 5.32 Å². The summed E-state index contributed by atoms with van der Waals surface area (Å²) in [5, 5.41) is 2.95. The minimum Gasteiger partial charge on any atom is -0.340 e. The Morgan fingerprint density at radius 2 is 1.22 bits per heavy atom. The highest BCUT2D eigenvalue weighted by molar-refractivity contribution is 5.97. The van der Waals surface area contributed by atoms with Crippen molar-refractivity contribution in [1.29, 1.82) is 0 Å². The molecule has 1 N–H and O–H groups in total. The van der Waals surface area contributed by atoms with Crippen molar-refractivity contribution in [2.45, 2.75) is 31.7 Å². The lowest BCUT2D eigenvalue weighted by Gasteiger charge is -2.36. The summed E-state index contributed by atoms with van der Waals surface area (Å²) in [4.78, 5) is 42.7. The molecular formula is C30H33N3O3. The summed E-state index contributed by atoms with van der Waals surface area (Å²) < 4.78 is 0. The van der Waals surface area contributed by atoms with Crippen molar-refractivity contribution >= 4 is 17.7 Å². The molecular weight excluding hydrogens is 450 g/mol. The van der Waals surface area contributed by atoms with Crippen molar-refractivity contribution in [3.8, 4) is 0 Å². The number of carbonyl (C=O) groups is 3. The molecule has 3 amide bonds. The number of amides is 3. The third-order valence-corrected chi connectivity index (χ3v) is 6.57. The molecule has 3 aromatic rings. The molecule has 36 heavy (non-hydrogen) atoms. The average Bonchev–Trinajstić information content (AvgIpc) is 2.94. The van der Waals surface area contributed by atoms with Crippen LogP contribution in [0, 0.1) is 0 Å². The molecule has 0 aromatic heterocycles. The number of hydrogen-bond acceptors (Lipinski definition) is 3. The van der Waals surface area contributed by atoms with Gasteiger partial charge in [-0.3, -0.25) is 14.4 Å². The minimum absolute atomic E-state index is 0.112. The Morgan fingerprint density at radius 3 is 1.83 bits per heavy atom. The van der Waals surface area contributed by atoms with E-state index in [-0.39, 0.29) is 17.7 Å². The highest BCUT2D eigenvalue weighted by atomic mass is 16.2. The molecule has 1 heterocycles. The monoisotopic (exact) mass is 483 g/mol. The van der Waals surface area contributed by atoms with E-state index in [9.17, 15) is 14.4 Å². The number of aryl methyl sites for hydroxylation is 1. The number of piperazine rings is 1. The largest absolute Gasteiger partial charge is 0.340 e. The van der Waals surface area contributed by atoms with Crippen molar-refractivity contribution in [2.24, 2.45) is 0 Å². The van der Waals surface area contributed by atoms with Crippen molar-refractivity contribution in [1.82, 2.24) is 15.1 Å². The fourth-order valence-corrected chi connectivity index (χ4v) is 4.52. The summed E-state index contributed by atoms with van der Waals surface area (Å²) in [6.45, 7) is 1.96. The van der Waals surface area contributed by atoms with Gasteiger partial charge in [0.25, 0.3) is 5.91 Å². The predicted molar refractivity (Wildman–Crippen MR) is 140 cm³/mol. The second kappa shape index (κ2) is 12.7. The van der Waals surface area contributed by atoms with Crippen LogP contribution in [0.25, 0.3) is 0 Å². The van der Waals surface area contributed by atoms with E-state index in [0.717, 1.165) is 18.4 Å². The van der Waals surface area contributed by atoms with E-state index < -0.39 is 6.04 Å². The average molecular weight is 484 g/mol. The van der Waals surface area contributed by atoms with E-state index in [1.54, 1.807) is 29.2 Å². The first-order chi connectivity index (χ1) is 17.6. The van der Waals surface area contributed by atoms with Crippen LogP contribution in [0.4, 0.5) is 0 Å².